The molecule has 0 saturated carbocycles. The Kier molecular flexibility index (Phi) is 4.83. The number of Topliss-reactive ketones (excluding diaryl/α,β-unsaturated/α-hetero) is 1. The number of likely N-dealkylation sites (N-methyl/N-ethyl adjacent to an activating group) is 1. The number of aromatic nitrogens is 1. The van der Waals surface area contributed by atoms with Crippen molar-refractivity contribution < 1.29 is 14.0 Å². The molecule has 1 aromatic heterocycles. The first-order valence-electron chi connectivity index (χ1n) is 9.17. The molecule has 3 aromatic rings. The highest BCUT2D eigenvalue weighted by Crippen LogP contribution is 2.22. The fourth-order valence-corrected chi connectivity index (χ4v) is 3.41. The lowest BCUT2D eigenvalue weighted by Crippen LogP contribution is -2.44. The first kappa shape index (κ1) is 18.2. The third-order valence-corrected chi connectivity index (χ3v) is 5.09. The second kappa shape index (κ2) is 7.44. The normalized spacial score (nSPS) is 15.0. The van der Waals surface area contributed by atoms with Gasteiger partial charge in [-0.2, -0.15) is 0 Å². The minimum Gasteiger partial charge on any atom is -0.369 e. The van der Waals surface area contributed by atoms with Gasteiger partial charge in [-0.1, -0.05) is 0 Å². The van der Waals surface area contributed by atoms with Gasteiger partial charge < -0.3 is 20.1 Å². The molecule has 0 radical (unpaired) electrons. The van der Waals surface area contributed by atoms with Crippen LogP contribution in [-0.4, -0.2) is 54.8 Å². The molecule has 0 unspecified atom stereocenters. The van der Waals surface area contributed by atoms with E-state index in [0.29, 0.717) is 16.6 Å². The first-order valence-corrected chi connectivity index (χ1v) is 9.17. The van der Waals surface area contributed by atoms with Crippen molar-refractivity contribution >= 4 is 34.0 Å². The van der Waals surface area contributed by atoms with E-state index in [1.807, 2.05) is 12.1 Å². The van der Waals surface area contributed by atoms with Gasteiger partial charge in [0, 0.05) is 54.7 Å². The molecule has 4 rings (SSSR count). The fraction of sp³-hybridized carbons (Fsp3) is 0.238. The summed E-state index contributed by atoms with van der Waals surface area (Å²) >= 11 is 0. The van der Waals surface area contributed by atoms with E-state index in [0.717, 1.165) is 31.9 Å². The zero-order valence-corrected chi connectivity index (χ0v) is 15.5. The van der Waals surface area contributed by atoms with Crippen LogP contribution in [0.1, 0.15) is 10.4 Å². The summed E-state index contributed by atoms with van der Waals surface area (Å²) in [7, 11) is 2.11. The van der Waals surface area contributed by atoms with Crippen LogP contribution in [0.15, 0.2) is 48.7 Å². The number of piperazine rings is 1. The van der Waals surface area contributed by atoms with E-state index in [4.69, 9.17) is 0 Å². The van der Waals surface area contributed by atoms with E-state index in [1.165, 1.54) is 24.4 Å². The molecule has 2 aromatic carbocycles. The number of ketones is 1. The Balaban J connectivity index is 1.45. The largest absolute Gasteiger partial charge is 0.369 e. The van der Waals surface area contributed by atoms with Gasteiger partial charge in [0.05, 0.1) is 5.56 Å². The van der Waals surface area contributed by atoms with E-state index in [-0.39, 0.29) is 5.56 Å². The number of amides is 1. The number of halogens is 1. The van der Waals surface area contributed by atoms with Crippen LogP contribution >= 0.6 is 0 Å². The summed E-state index contributed by atoms with van der Waals surface area (Å²) in [5.74, 6) is -1.92. The Morgan fingerprint density at radius 3 is 2.46 bits per heavy atom. The van der Waals surface area contributed by atoms with Crippen molar-refractivity contribution in [3.63, 3.8) is 0 Å². The van der Waals surface area contributed by atoms with Crippen LogP contribution in [0.25, 0.3) is 10.9 Å². The number of hydrogen-bond acceptors (Lipinski definition) is 4. The number of carbonyl (C=O) groups excluding carboxylic acids is 2. The van der Waals surface area contributed by atoms with Crippen LogP contribution < -0.4 is 10.2 Å². The minimum atomic E-state index is -0.752. The maximum atomic E-state index is 13.5. The van der Waals surface area contributed by atoms with Crippen molar-refractivity contribution in [3.05, 3.63) is 60.0 Å². The van der Waals surface area contributed by atoms with E-state index < -0.39 is 17.5 Å². The predicted octanol–water partition coefficient (Wildman–Crippen LogP) is 2.88. The monoisotopic (exact) mass is 380 g/mol. The molecule has 1 fully saturated rings. The van der Waals surface area contributed by atoms with Gasteiger partial charge in [0.25, 0.3) is 11.7 Å². The van der Waals surface area contributed by atoms with Gasteiger partial charge in [0.15, 0.2) is 0 Å². The lowest BCUT2D eigenvalue weighted by atomic mass is 10.1. The highest BCUT2D eigenvalue weighted by Gasteiger charge is 2.21. The summed E-state index contributed by atoms with van der Waals surface area (Å²) in [5, 5.41) is 3.02. The number of nitrogens with zero attached hydrogens (tertiary/aromatic N) is 2. The first-order chi connectivity index (χ1) is 13.5. The lowest BCUT2D eigenvalue weighted by Gasteiger charge is -2.34. The van der Waals surface area contributed by atoms with Gasteiger partial charge >= 0.3 is 0 Å². The van der Waals surface area contributed by atoms with Crippen LogP contribution in [-0.2, 0) is 4.79 Å². The molecular weight excluding hydrogens is 359 g/mol. The molecule has 2 N–H and O–H groups in total. The van der Waals surface area contributed by atoms with Gasteiger partial charge in [-0.05, 0) is 49.5 Å². The summed E-state index contributed by atoms with van der Waals surface area (Å²) in [5.41, 5.74) is 2.39. The predicted molar refractivity (Wildman–Crippen MR) is 107 cm³/mol. The van der Waals surface area contributed by atoms with Crippen molar-refractivity contribution in [2.45, 2.75) is 0 Å². The van der Waals surface area contributed by atoms with Gasteiger partial charge in [-0.15, -0.1) is 0 Å². The number of nitrogens with one attached hydrogen (secondary N) is 2. The Morgan fingerprint density at radius 1 is 1.04 bits per heavy atom. The highest BCUT2D eigenvalue weighted by atomic mass is 19.1. The third-order valence-electron chi connectivity index (χ3n) is 5.09. The number of anilines is 2. The second-order valence-electron chi connectivity index (χ2n) is 7.01. The summed E-state index contributed by atoms with van der Waals surface area (Å²) in [6, 6.07) is 11.5. The minimum absolute atomic E-state index is 0.154. The van der Waals surface area contributed by atoms with Gasteiger partial charge in [0.2, 0.25) is 0 Å². The Bertz CT molecular complexity index is 1020. The van der Waals surface area contributed by atoms with E-state index >= 15 is 0 Å². The van der Waals surface area contributed by atoms with Crippen molar-refractivity contribution in [1.82, 2.24) is 9.88 Å². The molecular formula is C21H21FN4O2. The van der Waals surface area contributed by atoms with Crippen molar-refractivity contribution in [1.29, 1.82) is 0 Å². The zero-order chi connectivity index (χ0) is 19.7. The SMILES string of the molecule is CN1CCN(c2ccc(NC(=O)C(=O)c3c[nH]c4ccc(F)cc34)cc2)CC1. The molecule has 7 heteroatoms. The van der Waals surface area contributed by atoms with E-state index in [1.54, 1.807) is 12.1 Å². The van der Waals surface area contributed by atoms with Crippen molar-refractivity contribution in [3.8, 4) is 0 Å². The average Bonchev–Trinajstić information content (AvgIpc) is 3.11. The van der Waals surface area contributed by atoms with Crippen LogP contribution in [0.3, 0.4) is 0 Å². The Morgan fingerprint density at radius 2 is 1.75 bits per heavy atom. The molecule has 0 aliphatic carbocycles. The molecule has 1 aliphatic rings. The van der Waals surface area contributed by atoms with Crippen LogP contribution in [0.5, 0.6) is 0 Å². The third kappa shape index (κ3) is 3.61. The Labute approximate surface area is 161 Å². The number of fused-ring (bicyclic) bond motifs is 1. The lowest BCUT2D eigenvalue weighted by molar-refractivity contribution is -0.112. The van der Waals surface area contributed by atoms with E-state index in [2.05, 4.69) is 27.1 Å². The number of rotatable bonds is 4. The number of benzene rings is 2. The van der Waals surface area contributed by atoms with Gasteiger partial charge in [-0.25, -0.2) is 4.39 Å². The zero-order valence-electron chi connectivity index (χ0n) is 15.5. The number of aromatic amines is 1. The van der Waals surface area contributed by atoms with Gasteiger partial charge in [0.1, 0.15) is 5.82 Å². The molecule has 0 bridgehead atoms. The topological polar surface area (TPSA) is 68.4 Å². The molecule has 6 nitrogen and oxygen atoms in total. The van der Waals surface area contributed by atoms with Crippen molar-refractivity contribution in [2.24, 2.45) is 0 Å². The quantitative estimate of drug-likeness (QED) is 0.540. The molecule has 1 saturated heterocycles. The molecule has 1 amide bonds. The molecule has 28 heavy (non-hydrogen) atoms. The Hall–Kier alpha value is -3.19. The van der Waals surface area contributed by atoms with Crippen molar-refractivity contribution in [2.75, 3.05) is 43.4 Å². The fourth-order valence-electron chi connectivity index (χ4n) is 3.41. The van der Waals surface area contributed by atoms with Crippen LogP contribution in [0.2, 0.25) is 0 Å². The molecule has 0 atom stereocenters. The second-order valence-corrected chi connectivity index (χ2v) is 7.01. The van der Waals surface area contributed by atoms with Crippen LogP contribution in [0, 0.1) is 5.82 Å². The van der Waals surface area contributed by atoms with Crippen LogP contribution in [0.4, 0.5) is 15.8 Å². The summed E-state index contributed by atoms with van der Waals surface area (Å²) in [6.07, 6.45) is 1.43. The number of hydrogen-bond donors (Lipinski definition) is 2. The maximum Gasteiger partial charge on any atom is 0.296 e. The maximum absolute atomic E-state index is 13.5. The molecule has 2 heterocycles. The average molecular weight is 380 g/mol. The summed E-state index contributed by atoms with van der Waals surface area (Å²) in [4.78, 5) is 32.4. The summed E-state index contributed by atoms with van der Waals surface area (Å²) < 4.78 is 13.5. The standard InChI is InChI=1S/C21H21FN4O2/c1-25-8-10-26(11-9-25)16-5-3-15(4-6-16)24-21(28)20(27)18-13-23-19-7-2-14(22)12-17(18)19/h2-7,12-13,23H,8-11H2,1H3,(H,24,28). The summed E-state index contributed by atoms with van der Waals surface area (Å²) in [6.45, 7) is 3.94. The highest BCUT2D eigenvalue weighted by molar-refractivity contribution is 6.48. The molecule has 0 spiro atoms. The molecule has 144 valence electrons. The van der Waals surface area contributed by atoms with E-state index in [9.17, 15) is 14.0 Å². The molecule has 1 aliphatic heterocycles. The number of carbonyl (C=O) groups is 2. The number of H-pyrrole nitrogens is 1. The smallest absolute Gasteiger partial charge is 0.296 e. The van der Waals surface area contributed by atoms with Gasteiger partial charge in [-0.3, -0.25) is 9.59 Å².